The summed E-state index contributed by atoms with van der Waals surface area (Å²) in [5.41, 5.74) is 2.23. The third kappa shape index (κ3) is 2.23. The smallest absolute Gasteiger partial charge is 0.230 e. The Morgan fingerprint density at radius 1 is 1.31 bits per heavy atom. The van der Waals surface area contributed by atoms with Crippen molar-refractivity contribution in [3.8, 4) is 0 Å². The molecule has 1 atom stereocenters. The molecule has 1 aliphatic rings. The van der Waals surface area contributed by atoms with E-state index in [9.17, 15) is 5.11 Å². The van der Waals surface area contributed by atoms with Crippen LogP contribution in [-0.4, -0.2) is 10.9 Å². The Morgan fingerprint density at radius 2 is 2.06 bits per heavy atom. The second kappa shape index (κ2) is 4.37. The van der Waals surface area contributed by atoms with Gasteiger partial charge in [0, 0.05) is 6.42 Å². The van der Waals surface area contributed by atoms with Crippen LogP contribution < -0.4 is 0 Å². The maximum Gasteiger partial charge on any atom is 0.230 e. The molecule has 0 bridgehead atoms. The van der Waals surface area contributed by atoms with Gasteiger partial charge in [0.15, 0.2) is 0 Å². The number of rotatable bonds is 3. The lowest BCUT2D eigenvalue weighted by atomic mass is 9.96. The molecular weight excluding hydrogens is 200 g/mol. The van der Waals surface area contributed by atoms with Gasteiger partial charge in [0.1, 0.15) is 0 Å². The van der Waals surface area contributed by atoms with Crippen LogP contribution in [0, 0.1) is 0 Å². The Morgan fingerprint density at radius 3 is 2.62 bits per heavy atom. The molecule has 0 aliphatic heterocycles. The molecule has 0 spiro atoms. The van der Waals surface area contributed by atoms with Gasteiger partial charge in [-0.05, 0) is 17.2 Å². The Balaban J connectivity index is 2.17. The maximum atomic E-state index is 9.91. The van der Waals surface area contributed by atoms with Crippen LogP contribution in [0.5, 0.6) is 0 Å². The van der Waals surface area contributed by atoms with E-state index in [4.69, 9.17) is 4.74 Å². The molecule has 1 aromatic rings. The first kappa shape index (κ1) is 10.7. The van der Waals surface area contributed by atoms with Gasteiger partial charge in [-0.25, -0.2) is 0 Å². The summed E-state index contributed by atoms with van der Waals surface area (Å²) in [6.07, 6.45) is 7.16. The minimum atomic E-state index is -1.24. The van der Waals surface area contributed by atoms with Crippen LogP contribution in [0.25, 0.3) is 5.57 Å². The predicted octanol–water partition coefficient (Wildman–Crippen LogP) is 2.88. The van der Waals surface area contributed by atoms with E-state index in [-0.39, 0.29) is 0 Å². The molecular formula is C14H14O2. The third-order valence-corrected chi connectivity index (χ3v) is 2.53. The number of hydrogen-bond donors (Lipinski definition) is 1. The fourth-order valence-electron chi connectivity index (χ4n) is 1.69. The van der Waals surface area contributed by atoms with E-state index >= 15 is 0 Å². The number of ether oxygens (including phenoxy) is 1. The normalized spacial score (nSPS) is 23.7. The second-order valence-electron chi connectivity index (χ2n) is 3.69. The van der Waals surface area contributed by atoms with E-state index in [2.05, 4.69) is 6.58 Å². The van der Waals surface area contributed by atoms with Crippen LogP contribution in [0.2, 0.25) is 0 Å². The van der Waals surface area contributed by atoms with Crippen molar-refractivity contribution in [3.63, 3.8) is 0 Å². The van der Waals surface area contributed by atoms with Crippen LogP contribution in [0.4, 0.5) is 0 Å². The first-order valence-electron chi connectivity index (χ1n) is 5.19. The van der Waals surface area contributed by atoms with Gasteiger partial charge in [-0.1, -0.05) is 49.1 Å². The molecule has 0 amide bonds. The molecule has 0 heterocycles. The minimum Gasteiger partial charge on any atom is -0.467 e. The lowest BCUT2D eigenvalue weighted by Gasteiger charge is -2.25. The van der Waals surface area contributed by atoms with Gasteiger partial charge in [0.05, 0.1) is 6.26 Å². The van der Waals surface area contributed by atoms with Crippen LogP contribution in [-0.2, 0) is 4.74 Å². The molecule has 0 saturated heterocycles. The van der Waals surface area contributed by atoms with Crippen molar-refractivity contribution < 1.29 is 9.84 Å². The lowest BCUT2D eigenvalue weighted by Crippen LogP contribution is -2.28. The summed E-state index contributed by atoms with van der Waals surface area (Å²) in [5.74, 6) is -1.24. The van der Waals surface area contributed by atoms with Gasteiger partial charge in [-0.3, -0.25) is 0 Å². The highest BCUT2D eigenvalue weighted by molar-refractivity contribution is 5.75. The average molecular weight is 214 g/mol. The molecule has 16 heavy (non-hydrogen) atoms. The molecule has 1 unspecified atom stereocenters. The molecule has 2 heteroatoms. The second-order valence-corrected chi connectivity index (χ2v) is 3.69. The fraction of sp³-hybridized carbons (Fsp3) is 0.143. The Labute approximate surface area is 95.2 Å². The quantitative estimate of drug-likeness (QED) is 0.619. The van der Waals surface area contributed by atoms with Crippen molar-refractivity contribution in [1.82, 2.24) is 0 Å². The van der Waals surface area contributed by atoms with E-state index in [0.29, 0.717) is 6.42 Å². The summed E-state index contributed by atoms with van der Waals surface area (Å²) in [5, 5.41) is 9.91. The van der Waals surface area contributed by atoms with Gasteiger partial charge in [0.25, 0.3) is 0 Å². The summed E-state index contributed by atoms with van der Waals surface area (Å²) in [4.78, 5) is 0. The van der Waals surface area contributed by atoms with Crippen LogP contribution in [0.15, 0.2) is 61.4 Å². The molecule has 2 rings (SSSR count). The van der Waals surface area contributed by atoms with Crippen molar-refractivity contribution in [1.29, 1.82) is 0 Å². The Kier molecular flexibility index (Phi) is 2.93. The molecule has 0 aromatic heterocycles. The number of allylic oxidation sites excluding steroid dienone is 2. The zero-order chi connectivity index (χ0) is 11.4. The van der Waals surface area contributed by atoms with E-state index < -0.39 is 5.79 Å². The zero-order valence-electron chi connectivity index (χ0n) is 8.97. The Hall–Kier alpha value is -1.80. The van der Waals surface area contributed by atoms with E-state index in [1.807, 2.05) is 42.5 Å². The first-order chi connectivity index (χ1) is 7.73. The third-order valence-electron chi connectivity index (χ3n) is 2.53. The van der Waals surface area contributed by atoms with E-state index in [1.54, 1.807) is 6.08 Å². The highest BCUT2D eigenvalue weighted by Gasteiger charge is 2.25. The van der Waals surface area contributed by atoms with Crippen LogP contribution in [0.1, 0.15) is 12.0 Å². The van der Waals surface area contributed by atoms with Crippen molar-refractivity contribution in [2.75, 3.05) is 0 Å². The van der Waals surface area contributed by atoms with Crippen LogP contribution in [0.3, 0.4) is 0 Å². The molecule has 0 saturated carbocycles. The van der Waals surface area contributed by atoms with E-state index in [1.165, 1.54) is 6.26 Å². The predicted molar refractivity (Wildman–Crippen MR) is 64.4 cm³/mol. The monoisotopic (exact) mass is 214 g/mol. The summed E-state index contributed by atoms with van der Waals surface area (Å²) < 4.78 is 5.04. The van der Waals surface area contributed by atoms with Crippen molar-refractivity contribution in [2.45, 2.75) is 12.2 Å². The van der Waals surface area contributed by atoms with Gasteiger partial charge in [0.2, 0.25) is 5.79 Å². The van der Waals surface area contributed by atoms with Gasteiger partial charge in [-0.2, -0.15) is 0 Å². The van der Waals surface area contributed by atoms with Crippen LogP contribution >= 0.6 is 0 Å². The number of hydrogen-bond acceptors (Lipinski definition) is 2. The standard InChI is InChI=1S/C14H14O2/c1-2-16-14(15)10-8-13(9-11-14)12-6-4-3-5-7-12/h2-10,15H,1,11H2. The number of aliphatic hydroxyl groups is 1. The highest BCUT2D eigenvalue weighted by Crippen LogP contribution is 2.27. The lowest BCUT2D eigenvalue weighted by molar-refractivity contribution is -0.122. The number of benzene rings is 1. The molecule has 0 radical (unpaired) electrons. The minimum absolute atomic E-state index is 0.430. The summed E-state index contributed by atoms with van der Waals surface area (Å²) in [6, 6.07) is 10.0. The van der Waals surface area contributed by atoms with Crippen molar-refractivity contribution >= 4 is 5.57 Å². The molecule has 82 valence electrons. The van der Waals surface area contributed by atoms with Gasteiger partial charge < -0.3 is 9.84 Å². The highest BCUT2D eigenvalue weighted by atomic mass is 16.6. The maximum absolute atomic E-state index is 9.91. The first-order valence-corrected chi connectivity index (χ1v) is 5.19. The summed E-state index contributed by atoms with van der Waals surface area (Å²) in [6.45, 7) is 3.44. The zero-order valence-corrected chi connectivity index (χ0v) is 8.97. The molecule has 1 aromatic carbocycles. The van der Waals surface area contributed by atoms with Crippen molar-refractivity contribution in [3.05, 3.63) is 67.0 Å². The van der Waals surface area contributed by atoms with Gasteiger partial charge in [-0.15, -0.1) is 0 Å². The van der Waals surface area contributed by atoms with E-state index in [0.717, 1.165) is 11.1 Å². The molecule has 0 fully saturated rings. The fourth-order valence-corrected chi connectivity index (χ4v) is 1.69. The van der Waals surface area contributed by atoms with Crippen molar-refractivity contribution in [2.24, 2.45) is 0 Å². The molecule has 1 aliphatic carbocycles. The average Bonchev–Trinajstić information content (AvgIpc) is 2.31. The topological polar surface area (TPSA) is 29.5 Å². The summed E-state index contributed by atoms with van der Waals surface area (Å²) >= 11 is 0. The SMILES string of the molecule is C=COC1(O)C=CC(c2ccccc2)=CC1. The summed E-state index contributed by atoms with van der Waals surface area (Å²) in [7, 11) is 0. The van der Waals surface area contributed by atoms with Gasteiger partial charge >= 0.3 is 0 Å². The largest absolute Gasteiger partial charge is 0.467 e. The molecule has 1 N–H and O–H groups in total. The molecule has 2 nitrogen and oxygen atoms in total. The Bertz CT molecular complexity index is 431.